The molecule has 3 heterocycles. The third-order valence-corrected chi connectivity index (χ3v) is 5.83. The van der Waals surface area contributed by atoms with E-state index in [1.54, 1.807) is 12.1 Å². The lowest BCUT2D eigenvalue weighted by atomic mass is 10.2. The van der Waals surface area contributed by atoms with Gasteiger partial charge in [0.05, 0.1) is 15.5 Å². The van der Waals surface area contributed by atoms with Crippen LogP contribution in [-0.4, -0.2) is 23.9 Å². The van der Waals surface area contributed by atoms with Crippen molar-refractivity contribution in [2.45, 2.75) is 25.7 Å². The summed E-state index contributed by atoms with van der Waals surface area (Å²) in [6.45, 7) is 2.22. The normalized spacial score (nSPS) is 16.4. The SMILES string of the molecule is O=C(/C=c1\[nH]c(=O)/c(=C\c2ccc(N3CCCCCC3)cc2)s1)c1ccco1. The third kappa shape index (κ3) is 4.34. The highest BCUT2D eigenvalue weighted by Crippen LogP contribution is 2.20. The summed E-state index contributed by atoms with van der Waals surface area (Å²) in [5, 5.41) is 0. The number of furan rings is 1. The van der Waals surface area contributed by atoms with Crippen LogP contribution in [0.5, 0.6) is 0 Å². The Morgan fingerprint density at radius 3 is 2.50 bits per heavy atom. The number of hydrogen-bond acceptors (Lipinski definition) is 5. The molecule has 1 aliphatic rings. The Morgan fingerprint density at radius 1 is 1.07 bits per heavy atom. The van der Waals surface area contributed by atoms with E-state index in [0.29, 0.717) is 9.20 Å². The van der Waals surface area contributed by atoms with Crippen molar-refractivity contribution >= 4 is 35.0 Å². The molecular formula is C22H22N2O3S. The van der Waals surface area contributed by atoms with Gasteiger partial charge >= 0.3 is 0 Å². The fraction of sp³-hybridized carbons (Fsp3) is 0.273. The van der Waals surface area contributed by atoms with Crippen LogP contribution in [0.2, 0.25) is 0 Å². The van der Waals surface area contributed by atoms with Crippen LogP contribution in [-0.2, 0) is 0 Å². The number of ketones is 1. The number of thiazole rings is 1. The van der Waals surface area contributed by atoms with E-state index in [1.807, 2.05) is 18.2 Å². The first-order chi connectivity index (χ1) is 13.7. The molecule has 1 aromatic carbocycles. The summed E-state index contributed by atoms with van der Waals surface area (Å²) in [5.74, 6) is -0.0141. The maximum Gasteiger partial charge on any atom is 0.266 e. The lowest BCUT2D eigenvalue weighted by molar-refractivity contribution is 0.103. The first-order valence-electron chi connectivity index (χ1n) is 9.54. The van der Waals surface area contributed by atoms with E-state index in [4.69, 9.17) is 4.42 Å². The minimum atomic E-state index is -0.268. The van der Waals surface area contributed by atoms with E-state index >= 15 is 0 Å². The Kier molecular flexibility index (Phi) is 5.58. The molecule has 0 aliphatic carbocycles. The molecule has 0 unspecified atom stereocenters. The summed E-state index contributed by atoms with van der Waals surface area (Å²) in [7, 11) is 0. The molecule has 0 atom stereocenters. The number of benzene rings is 1. The molecule has 1 fully saturated rings. The highest BCUT2D eigenvalue weighted by molar-refractivity contribution is 7.07. The minimum absolute atomic E-state index is 0.194. The molecule has 0 saturated carbocycles. The number of carbonyl (C=O) groups is 1. The predicted octanol–water partition coefficient (Wildman–Crippen LogP) is 2.90. The van der Waals surface area contributed by atoms with Crippen LogP contribution in [0.25, 0.3) is 12.2 Å². The molecule has 1 aliphatic heterocycles. The number of aromatic nitrogens is 1. The van der Waals surface area contributed by atoms with E-state index in [0.717, 1.165) is 18.7 Å². The third-order valence-electron chi connectivity index (χ3n) is 4.87. The van der Waals surface area contributed by atoms with Gasteiger partial charge in [-0.25, -0.2) is 0 Å². The second-order valence-electron chi connectivity index (χ2n) is 6.91. The highest BCUT2D eigenvalue weighted by Gasteiger charge is 2.09. The first-order valence-corrected chi connectivity index (χ1v) is 10.4. The van der Waals surface area contributed by atoms with Crippen molar-refractivity contribution in [1.82, 2.24) is 4.98 Å². The van der Waals surface area contributed by atoms with Gasteiger partial charge in [-0.2, -0.15) is 0 Å². The van der Waals surface area contributed by atoms with E-state index < -0.39 is 0 Å². The molecule has 0 amide bonds. The number of rotatable bonds is 4. The van der Waals surface area contributed by atoms with Gasteiger partial charge in [-0.05, 0) is 48.7 Å². The summed E-state index contributed by atoms with van der Waals surface area (Å²) < 4.78 is 6.17. The van der Waals surface area contributed by atoms with Crippen molar-refractivity contribution in [3.8, 4) is 0 Å². The van der Waals surface area contributed by atoms with Crippen molar-refractivity contribution in [3.05, 3.63) is 73.5 Å². The lowest BCUT2D eigenvalue weighted by Crippen LogP contribution is -2.23. The van der Waals surface area contributed by atoms with Gasteiger partial charge in [-0.1, -0.05) is 25.0 Å². The van der Waals surface area contributed by atoms with Gasteiger partial charge in [0.1, 0.15) is 0 Å². The van der Waals surface area contributed by atoms with Crippen molar-refractivity contribution in [3.63, 3.8) is 0 Å². The minimum Gasteiger partial charge on any atom is -0.461 e. The predicted molar refractivity (Wildman–Crippen MR) is 112 cm³/mol. The lowest BCUT2D eigenvalue weighted by Gasteiger charge is -2.22. The maximum absolute atomic E-state index is 12.2. The van der Waals surface area contributed by atoms with Gasteiger partial charge < -0.3 is 14.3 Å². The van der Waals surface area contributed by atoms with Crippen molar-refractivity contribution in [2.24, 2.45) is 0 Å². The van der Waals surface area contributed by atoms with Crippen molar-refractivity contribution in [1.29, 1.82) is 0 Å². The van der Waals surface area contributed by atoms with Gasteiger partial charge in [0.15, 0.2) is 5.76 Å². The number of hydrogen-bond donors (Lipinski definition) is 1. The zero-order valence-electron chi connectivity index (χ0n) is 15.5. The Hall–Kier alpha value is -2.86. The van der Waals surface area contributed by atoms with E-state index in [9.17, 15) is 9.59 Å². The van der Waals surface area contributed by atoms with Gasteiger partial charge in [-0.15, -0.1) is 11.3 Å². The first kappa shape index (κ1) is 18.5. The molecule has 2 aromatic heterocycles. The molecule has 6 heteroatoms. The largest absolute Gasteiger partial charge is 0.461 e. The molecule has 0 bridgehead atoms. The molecule has 5 nitrogen and oxygen atoms in total. The van der Waals surface area contributed by atoms with Gasteiger partial charge in [0.2, 0.25) is 5.78 Å². The topological polar surface area (TPSA) is 66.3 Å². The molecule has 4 rings (SSSR count). The van der Waals surface area contributed by atoms with Crippen molar-refractivity contribution < 1.29 is 9.21 Å². The Labute approximate surface area is 166 Å². The highest BCUT2D eigenvalue weighted by atomic mass is 32.1. The number of carbonyl (C=O) groups excluding carboxylic acids is 1. The van der Waals surface area contributed by atoms with Crippen molar-refractivity contribution in [2.75, 3.05) is 18.0 Å². The summed E-state index contributed by atoms with van der Waals surface area (Å²) in [4.78, 5) is 29.5. The summed E-state index contributed by atoms with van der Waals surface area (Å²) in [6, 6.07) is 11.6. The molecule has 1 N–H and O–H groups in total. The van der Waals surface area contributed by atoms with E-state index in [1.165, 1.54) is 55.0 Å². The molecule has 28 heavy (non-hydrogen) atoms. The zero-order valence-corrected chi connectivity index (χ0v) is 16.3. The van der Waals surface area contributed by atoms with E-state index in [2.05, 4.69) is 22.0 Å². The molecular weight excluding hydrogens is 372 g/mol. The van der Waals surface area contributed by atoms with Crippen LogP contribution in [0.1, 0.15) is 41.8 Å². The average Bonchev–Trinajstić information content (AvgIpc) is 3.26. The standard InChI is InChI=1S/C22H22N2O3S/c25-18(19-6-5-13-27-19)15-21-23-22(26)20(28-21)14-16-7-9-17(10-8-16)24-11-3-1-2-4-12-24/h5-10,13-15H,1-4,11-12H2,(H,23,26)/b20-14+,21-15+. The average molecular weight is 394 g/mol. The molecule has 0 spiro atoms. The van der Waals surface area contributed by atoms with Crippen LogP contribution in [0, 0.1) is 0 Å². The summed E-state index contributed by atoms with van der Waals surface area (Å²) >= 11 is 1.26. The molecule has 0 radical (unpaired) electrons. The fourth-order valence-corrected chi connectivity index (χ4v) is 4.28. The summed E-state index contributed by atoms with van der Waals surface area (Å²) in [6.07, 6.45) is 9.81. The number of H-pyrrole nitrogens is 1. The van der Waals surface area contributed by atoms with Gasteiger partial charge in [-0.3, -0.25) is 9.59 Å². The molecule has 144 valence electrons. The smallest absolute Gasteiger partial charge is 0.266 e. The number of anilines is 1. The summed E-state index contributed by atoms with van der Waals surface area (Å²) in [5.41, 5.74) is 2.01. The number of aromatic amines is 1. The second kappa shape index (κ2) is 8.44. The van der Waals surface area contributed by atoms with E-state index in [-0.39, 0.29) is 17.1 Å². The van der Waals surface area contributed by atoms with Crippen LogP contribution in [0.3, 0.4) is 0 Å². The quantitative estimate of drug-likeness (QED) is 0.691. The molecule has 3 aromatic rings. The maximum atomic E-state index is 12.2. The van der Waals surface area contributed by atoms with Crippen LogP contribution in [0.15, 0.2) is 51.9 Å². The van der Waals surface area contributed by atoms with Gasteiger partial charge in [0, 0.05) is 24.9 Å². The number of nitrogens with zero attached hydrogens (tertiary/aromatic N) is 1. The molecule has 1 saturated heterocycles. The van der Waals surface area contributed by atoms with Gasteiger partial charge in [0.25, 0.3) is 5.56 Å². The Balaban J connectivity index is 1.56. The van der Waals surface area contributed by atoms with Crippen LogP contribution < -0.4 is 19.7 Å². The van der Waals surface area contributed by atoms with Crippen LogP contribution in [0.4, 0.5) is 5.69 Å². The second-order valence-corrected chi connectivity index (χ2v) is 7.99. The van der Waals surface area contributed by atoms with Crippen LogP contribution >= 0.6 is 11.3 Å². The number of nitrogens with one attached hydrogen (secondary N) is 1. The fourth-order valence-electron chi connectivity index (χ4n) is 3.39. The Morgan fingerprint density at radius 2 is 1.82 bits per heavy atom. The zero-order chi connectivity index (χ0) is 19.3. The monoisotopic (exact) mass is 394 g/mol. The Bertz CT molecular complexity index is 1100. The number of Topliss-reactive ketones (excluding diaryl/α,β-unsaturated/α-hetero) is 1.